The highest BCUT2D eigenvalue weighted by atomic mass is 79.9. The van der Waals surface area contributed by atoms with Crippen LogP contribution >= 0.6 is 31.9 Å². The molecule has 1 atom stereocenters. The molecule has 0 fully saturated rings. The van der Waals surface area contributed by atoms with Gasteiger partial charge in [0.05, 0.1) is 4.83 Å². The van der Waals surface area contributed by atoms with E-state index in [2.05, 4.69) is 31.9 Å². The molecule has 0 aromatic heterocycles. The summed E-state index contributed by atoms with van der Waals surface area (Å²) >= 11 is 6.60. The number of rotatable bonds is 4. The fourth-order valence-corrected chi connectivity index (χ4v) is 2.40. The van der Waals surface area contributed by atoms with Gasteiger partial charge in [-0.2, -0.15) is 0 Å². The molecule has 0 aliphatic heterocycles. The van der Waals surface area contributed by atoms with Crippen molar-refractivity contribution in [3.8, 4) is 0 Å². The molecule has 1 unspecified atom stereocenters. The first kappa shape index (κ1) is 12.8. The van der Waals surface area contributed by atoms with Gasteiger partial charge in [0, 0.05) is 10.9 Å². The maximum atomic E-state index is 12.8. The van der Waals surface area contributed by atoms with Crippen LogP contribution < -0.4 is 0 Å². The number of Topliss-reactive ketones (excluding diaryl/α,β-unsaturated/α-hetero) is 1. The summed E-state index contributed by atoms with van der Waals surface area (Å²) in [5.74, 6) is -0.121. The molecular weight excluding hydrogens is 327 g/mol. The van der Waals surface area contributed by atoms with Crippen LogP contribution in [-0.2, 0) is 11.2 Å². The molecule has 0 radical (unpaired) electrons. The Labute approximate surface area is 105 Å². The van der Waals surface area contributed by atoms with Crippen molar-refractivity contribution in [3.63, 3.8) is 0 Å². The summed E-state index contributed by atoms with van der Waals surface area (Å²) in [6.07, 6.45) is 1.09. The summed E-state index contributed by atoms with van der Waals surface area (Å²) in [6, 6.07) is 4.50. The molecule has 0 saturated carbocycles. The number of carbonyl (C=O) groups excluding carboxylic acids is 1. The smallest absolute Gasteiger partial charge is 0.146 e. The van der Waals surface area contributed by atoms with Gasteiger partial charge in [0.1, 0.15) is 11.6 Å². The highest BCUT2D eigenvalue weighted by Crippen LogP contribution is 2.22. The van der Waals surface area contributed by atoms with E-state index in [0.717, 1.165) is 5.56 Å². The molecule has 4 heteroatoms. The normalized spacial score (nSPS) is 12.5. The topological polar surface area (TPSA) is 17.1 Å². The molecule has 1 nitrogen and oxygen atoms in total. The average Bonchev–Trinajstić information content (AvgIpc) is 2.20. The van der Waals surface area contributed by atoms with E-state index in [1.165, 1.54) is 12.1 Å². The number of alkyl halides is 1. The fraction of sp³-hybridized carbons (Fsp3) is 0.364. The van der Waals surface area contributed by atoms with Gasteiger partial charge in [0.15, 0.2) is 0 Å². The second-order valence-electron chi connectivity index (χ2n) is 3.23. The van der Waals surface area contributed by atoms with Crippen molar-refractivity contribution in [2.24, 2.45) is 0 Å². The van der Waals surface area contributed by atoms with Gasteiger partial charge in [0.2, 0.25) is 0 Å². The summed E-state index contributed by atoms with van der Waals surface area (Å²) in [7, 11) is 0. The lowest BCUT2D eigenvalue weighted by atomic mass is 10.1. The van der Waals surface area contributed by atoms with Crippen LogP contribution in [-0.4, -0.2) is 10.6 Å². The average molecular weight is 338 g/mol. The van der Waals surface area contributed by atoms with Crippen LogP contribution in [0, 0.1) is 5.82 Å². The van der Waals surface area contributed by atoms with Crippen LogP contribution in [0.1, 0.15) is 18.9 Å². The third kappa shape index (κ3) is 3.68. The first-order valence-corrected chi connectivity index (χ1v) is 6.36. The first-order valence-electron chi connectivity index (χ1n) is 4.65. The van der Waals surface area contributed by atoms with Gasteiger partial charge < -0.3 is 0 Å². The van der Waals surface area contributed by atoms with Crippen LogP contribution in [0.3, 0.4) is 0 Å². The van der Waals surface area contributed by atoms with Crippen molar-refractivity contribution in [3.05, 3.63) is 34.1 Å². The Bertz CT molecular complexity index is 366. The lowest BCUT2D eigenvalue weighted by Crippen LogP contribution is -2.15. The maximum absolute atomic E-state index is 12.8. The Morgan fingerprint density at radius 3 is 2.73 bits per heavy atom. The van der Waals surface area contributed by atoms with E-state index in [1.807, 2.05) is 6.92 Å². The summed E-state index contributed by atoms with van der Waals surface area (Å²) in [5.41, 5.74) is 0.931. The van der Waals surface area contributed by atoms with E-state index < -0.39 is 0 Å². The van der Waals surface area contributed by atoms with Gasteiger partial charge in [-0.15, -0.1) is 0 Å². The van der Waals surface area contributed by atoms with E-state index in [4.69, 9.17) is 0 Å². The van der Waals surface area contributed by atoms with Crippen LogP contribution in [0.4, 0.5) is 4.39 Å². The molecule has 0 aliphatic carbocycles. The zero-order valence-corrected chi connectivity index (χ0v) is 11.4. The zero-order valence-electron chi connectivity index (χ0n) is 8.27. The number of ketones is 1. The molecular formula is C11H11Br2FO. The van der Waals surface area contributed by atoms with Crippen molar-refractivity contribution in [2.75, 3.05) is 0 Å². The van der Waals surface area contributed by atoms with E-state index in [1.54, 1.807) is 6.07 Å². The van der Waals surface area contributed by atoms with Crippen LogP contribution in [0.2, 0.25) is 0 Å². The molecule has 1 rings (SSSR count). The zero-order chi connectivity index (χ0) is 11.4. The Morgan fingerprint density at radius 2 is 2.20 bits per heavy atom. The SMILES string of the molecule is CCC(=O)C(Br)Cc1ccc(F)cc1Br. The molecule has 1 aromatic rings. The third-order valence-electron chi connectivity index (χ3n) is 2.11. The van der Waals surface area contributed by atoms with E-state index in [-0.39, 0.29) is 16.4 Å². The third-order valence-corrected chi connectivity index (χ3v) is 3.68. The number of hydrogen-bond acceptors (Lipinski definition) is 1. The Hall–Kier alpha value is -0.220. The maximum Gasteiger partial charge on any atom is 0.146 e. The number of halogens is 3. The van der Waals surface area contributed by atoms with Gasteiger partial charge in [0.25, 0.3) is 0 Å². The van der Waals surface area contributed by atoms with E-state index >= 15 is 0 Å². The summed E-state index contributed by atoms with van der Waals surface area (Å²) < 4.78 is 13.5. The molecule has 0 bridgehead atoms. The second-order valence-corrected chi connectivity index (χ2v) is 5.19. The minimum atomic E-state index is -0.279. The molecule has 0 N–H and O–H groups in total. The molecule has 0 aliphatic rings. The quantitative estimate of drug-likeness (QED) is 0.762. The summed E-state index contributed by atoms with van der Waals surface area (Å²) in [5, 5.41) is 0. The molecule has 0 amide bonds. The molecule has 0 heterocycles. The molecule has 0 saturated heterocycles. The first-order chi connectivity index (χ1) is 7.04. The van der Waals surface area contributed by atoms with E-state index in [0.29, 0.717) is 17.3 Å². The number of benzene rings is 1. The minimum Gasteiger partial charge on any atom is -0.298 e. The van der Waals surface area contributed by atoms with Crippen LogP contribution in [0.15, 0.2) is 22.7 Å². The molecule has 15 heavy (non-hydrogen) atoms. The van der Waals surface area contributed by atoms with Gasteiger partial charge in [-0.3, -0.25) is 4.79 Å². The van der Waals surface area contributed by atoms with Crippen molar-refractivity contribution in [2.45, 2.75) is 24.6 Å². The Morgan fingerprint density at radius 1 is 1.53 bits per heavy atom. The second kappa shape index (κ2) is 5.75. The summed E-state index contributed by atoms with van der Waals surface area (Å²) in [4.78, 5) is 11.2. The largest absolute Gasteiger partial charge is 0.298 e. The summed E-state index contributed by atoms with van der Waals surface area (Å²) in [6.45, 7) is 1.83. The van der Waals surface area contributed by atoms with Gasteiger partial charge in [-0.1, -0.05) is 44.8 Å². The lowest BCUT2D eigenvalue weighted by Gasteiger charge is -2.09. The van der Waals surface area contributed by atoms with Crippen molar-refractivity contribution in [1.29, 1.82) is 0 Å². The Balaban J connectivity index is 2.76. The van der Waals surface area contributed by atoms with Gasteiger partial charge >= 0.3 is 0 Å². The standard InChI is InChI=1S/C11H11Br2FO/c1-2-11(15)10(13)5-7-3-4-8(14)6-9(7)12/h3-4,6,10H,2,5H2,1H3. The van der Waals surface area contributed by atoms with Crippen LogP contribution in [0.25, 0.3) is 0 Å². The minimum absolute atomic E-state index is 0.159. The van der Waals surface area contributed by atoms with E-state index in [9.17, 15) is 9.18 Å². The Kier molecular flexibility index (Phi) is 4.93. The van der Waals surface area contributed by atoms with Crippen molar-refractivity contribution >= 4 is 37.6 Å². The molecule has 82 valence electrons. The monoisotopic (exact) mass is 336 g/mol. The number of hydrogen-bond donors (Lipinski definition) is 0. The highest BCUT2D eigenvalue weighted by molar-refractivity contribution is 9.10. The predicted octanol–water partition coefficient (Wildman–Crippen LogP) is 3.87. The van der Waals surface area contributed by atoms with Gasteiger partial charge in [-0.05, 0) is 24.1 Å². The van der Waals surface area contributed by atoms with Gasteiger partial charge in [-0.25, -0.2) is 4.39 Å². The highest BCUT2D eigenvalue weighted by Gasteiger charge is 2.14. The fourth-order valence-electron chi connectivity index (χ4n) is 1.22. The van der Waals surface area contributed by atoms with Crippen molar-refractivity contribution in [1.82, 2.24) is 0 Å². The van der Waals surface area contributed by atoms with Crippen LogP contribution in [0.5, 0.6) is 0 Å². The number of carbonyl (C=O) groups is 1. The predicted molar refractivity (Wildman–Crippen MR) is 65.8 cm³/mol. The molecule has 0 spiro atoms. The van der Waals surface area contributed by atoms with Crippen molar-refractivity contribution < 1.29 is 9.18 Å². The molecule has 1 aromatic carbocycles. The lowest BCUT2D eigenvalue weighted by molar-refractivity contribution is -0.118.